The van der Waals surface area contributed by atoms with E-state index in [-0.39, 0.29) is 0 Å². The first-order valence-corrected chi connectivity index (χ1v) is 13.4. The van der Waals surface area contributed by atoms with Gasteiger partial charge in [0, 0.05) is 6.54 Å². The molecular formula is C25H53N5. The second-order valence-electron chi connectivity index (χ2n) is 9.41. The van der Waals surface area contributed by atoms with Gasteiger partial charge in [0.05, 0.1) is 0 Å². The van der Waals surface area contributed by atoms with Crippen LogP contribution in [0.25, 0.3) is 0 Å². The van der Waals surface area contributed by atoms with E-state index in [9.17, 15) is 0 Å². The van der Waals surface area contributed by atoms with Crippen molar-refractivity contribution in [1.29, 1.82) is 0 Å². The lowest BCUT2D eigenvalue weighted by Crippen LogP contribution is -2.49. The van der Waals surface area contributed by atoms with Gasteiger partial charge >= 0.3 is 0 Å². The second-order valence-corrected chi connectivity index (χ2v) is 9.41. The number of rotatable bonds is 22. The normalized spacial score (nSPS) is 15.1. The van der Waals surface area contributed by atoms with E-state index in [1.807, 2.05) is 11.3 Å². The summed E-state index contributed by atoms with van der Waals surface area (Å²) in [5.41, 5.74) is 2.79. The van der Waals surface area contributed by atoms with Gasteiger partial charge in [-0.05, 0) is 24.0 Å². The first-order valence-electron chi connectivity index (χ1n) is 13.4. The summed E-state index contributed by atoms with van der Waals surface area (Å²) in [6.07, 6.45) is 29.7. The van der Waals surface area contributed by atoms with E-state index in [4.69, 9.17) is 5.84 Å². The fourth-order valence-corrected chi connectivity index (χ4v) is 4.48. The molecule has 30 heavy (non-hydrogen) atoms. The molecule has 178 valence electrons. The first-order chi connectivity index (χ1) is 14.8. The molecule has 0 saturated carbocycles. The molecule has 5 nitrogen and oxygen atoms in total. The molecule has 3 N–H and O–H groups in total. The van der Waals surface area contributed by atoms with Crippen molar-refractivity contribution in [1.82, 2.24) is 15.8 Å². The van der Waals surface area contributed by atoms with Crippen molar-refractivity contribution in [2.45, 2.75) is 142 Å². The average Bonchev–Trinajstić information content (AvgIpc) is 3.15. The van der Waals surface area contributed by atoms with Crippen LogP contribution in [-0.4, -0.2) is 23.1 Å². The summed E-state index contributed by atoms with van der Waals surface area (Å²) in [7, 11) is 0. The van der Waals surface area contributed by atoms with E-state index in [1.54, 1.807) is 0 Å². The Morgan fingerprint density at radius 3 is 1.43 bits per heavy atom. The Kier molecular flexibility index (Phi) is 18.3. The summed E-state index contributed by atoms with van der Waals surface area (Å²) in [5, 5.41) is 7.59. The molecule has 0 spiro atoms. The lowest BCUT2D eigenvalue weighted by Gasteiger charge is -2.27. The van der Waals surface area contributed by atoms with Crippen LogP contribution < -0.4 is 11.4 Å². The molecule has 1 unspecified atom stereocenters. The fraction of sp³-hybridized carbons (Fsp3) is 0.960. The first kappa shape index (κ1) is 27.2. The van der Waals surface area contributed by atoms with Gasteiger partial charge in [0.15, 0.2) is 0 Å². The molecular weight excluding hydrogens is 370 g/mol. The van der Waals surface area contributed by atoms with Crippen LogP contribution in [0.1, 0.15) is 142 Å². The molecule has 1 atom stereocenters. The summed E-state index contributed by atoms with van der Waals surface area (Å²) in [6, 6.07) is 0. The smallest absolute Gasteiger partial charge is 0.129 e. The maximum Gasteiger partial charge on any atom is 0.129 e. The zero-order valence-electron chi connectivity index (χ0n) is 20.4. The monoisotopic (exact) mass is 423 g/mol. The quantitative estimate of drug-likeness (QED) is 0.142. The molecule has 1 aliphatic rings. The molecule has 0 aromatic carbocycles. The molecule has 0 saturated heterocycles. The molecule has 1 rings (SSSR count). The topological polar surface area (TPSA) is 56.9 Å². The van der Waals surface area contributed by atoms with E-state index >= 15 is 0 Å². The molecule has 1 aliphatic heterocycles. The maximum atomic E-state index is 5.94. The molecule has 0 bridgehead atoms. The molecule has 0 fully saturated rings. The molecule has 0 aromatic heterocycles. The van der Waals surface area contributed by atoms with Crippen LogP contribution in [0.15, 0.2) is 5.10 Å². The van der Waals surface area contributed by atoms with Crippen LogP contribution in [0.3, 0.4) is 0 Å². The average molecular weight is 424 g/mol. The lowest BCUT2D eigenvalue weighted by molar-refractivity contribution is 0.00405. The number of hydrazine groups is 3. The second kappa shape index (κ2) is 20.1. The summed E-state index contributed by atoms with van der Waals surface area (Å²) in [5.74, 6) is 6.66. The Morgan fingerprint density at radius 2 is 1.07 bits per heavy atom. The zero-order valence-corrected chi connectivity index (χ0v) is 20.4. The van der Waals surface area contributed by atoms with Gasteiger partial charge in [-0.25, -0.2) is 11.4 Å². The summed E-state index contributed by atoms with van der Waals surface area (Å²) < 4.78 is 0. The van der Waals surface area contributed by atoms with E-state index in [2.05, 4.69) is 24.5 Å². The van der Waals surface area contributed by atoms with Crippen molar-refractivity contribution in [3.63, 3.8) is 0 Å². The van der Waals surface area contributed by atoms with Crippen molar-refractivity contribution in [2.24, 2.45) is 16.9 Å². The molecule has 0 aromatic rings. The third kappa shape index (κ3) is 15.1. The predicted octanol–water partition coefficient (Wildman–Crippen LogP) is 7.30. The van der Waals surface area contributed by atoms with Crippen molar-refractivity contribution >= 4 is 6.34 Å². The molecule has 1 heterocycles. The predicted molar refractivity (Wildman–Crippen MR) is 132 cm³/mol. The van der Waals surface area contributed by atoms with Crippen molar-refractivity contribution < 1.29 is 0 Å². The van der Waals surface area contributed by atoms with E-state index in [1.165, 1.54) is 134 Å². The number of hydrogen-bond donors (Lipinski definition) is 2. The SMILES string of the molecule is CCCCCCCCCCCCC(CCCCCCCCCC)CN1C=NNN1N. The highest BCUT2D eigenvalue weighted by Crippen LogP contribution is 2.21. The van der Waals surface area contributed by atoms with Crippen molar-refractivity contribution in [2.75, 3.05) is 6.54 Å². The summed E-state index contributed by atoms with van der Waals surface area (Å²) in [6.45, 7) is 5.57. The zero-order chi connectivity index (χ0) is 21.7. The van der Waals surface area contributed by atoms with Crippen LogP contribution in [0, 0.1) is 5.92 Å². The molecule has 0 radical (unpaired) electrons. The standard InChI is InChI=1S/C25H53N5/c1-3-5-7-9-11-13-14-16-18-20-22-25(23-29-24-27-28-30(29)26)21-19-17-15-12-10-8-6-4-2/h24-25,28H,3-23,26H2,1-2H3. The van der Waals surface area contributed by atoms with Crippen molar-refractivity contribution in [3.05, 3.63) is 0 Å². The van der Waals surface area contributed by atoms with Crippen molar-refractivity contribution in [3.8, 4) is 0 Å². The third-order valence-electron chi connectivity index (χ3n) is 6.51. The van der Waals surface area contributed by atoms with Crippen LogP contribution in [0.4, 0.5) is 0 Å². The van der Waals surface area contributed by atoms with Gasteiger partial charge in [0.2, 0.25) is 0 Å². The number of nitrogens with one attached hydrogen (secondary N) is 1. The summed E-state index contributed by atoms with van der Waals surface area (Å²) in [4.78, 5) is 0. The van der Waals surface area contributed by atoms with Crippen LogP contribution >= 0.6 is 0 Å². The largest absolute Gasteiger partial charge is 0.261 e. The Bertz CT molecular complexity index is 388. The van der Waals surface area contributed by atoms with Gasteiger partial charge in [0.25, 0.3) is 0 Å². The van der Waals surface area contributed by atoms with E-state index in [0.29, 0.717) is 0 Å². The van der Waals surface area contributed by atoms with Crippen LogP contribution in [0.5, 0.6) is 0 Å². The summed E-state index contributed by atoms with van der Waals surface area (Å²) >= 11 is 0. The number of hydrogen-bond acceptors (Lipinski definition) is 5. The lowest BCUT2D eigenvalue weighted by atomic mass is 9.93. The van der Waals surface area contributed by atoms with Gasteiger partial charge in [-0.15, -0.1) is 0 Å². The highest BCUT2D eigenvalue weighted by atomic mass is 16.0. The van der Waals surface area contributed by atoms with E-state index in [0.717, 1.165) is 12.5 Å². The Balaban J connectivity index is 2.11. The van der Waals surface area contributed by atoms with E-state index < -0.39 is 0 Å². The van der Waals surface area contributed by atoms with Gasteiger partial charge < -0.3 is 0 Å². The minimum absolute atomic E-state index is 0.719. The number of nitrogens with zero attached hydrogens (tertiary/aromatic N) is 3. The Labute approximate surface area is 188 Å². The molecule has 5 heteroatoms. The number of unbranched alkanes of at least 4 members (excludes halogenated alkanes) is 16. The molecule has 0 aliphatic carbocycles. The van der Waals surface area contributed by atoms with Gasteiger partial charge in [-0.2, -0.15) is 5.10 Å². The molecule has 0 amide bonds. The highest BCUT2D eigenvalue weighted by molar-refractivity contribution is 5.54. The highest BCUT2D eigenvalue weighted by Gasteiger charge is 2.18. The number of hydrazone groups is 1. The fourth-order valence-electron chi connectivity index (χ4n) is 4.48. The third-order valence-corrected chi connectivity index (χ3v) is 6.51. The van der Waals surface area contributed by atoms with Gasteiger partial charge in [0.1, 0.15) is 6.34 Å². The number of nitrogens with two attached hydrogens (primary N) is 1. The Hall–Kier alpha value is -0.810. The minimum Gasteiger partial charge on any atom is -0.261 e. The van der Waals surface area contributed by atoms with Gasteiger partial charge in [-0.3, -0.25) is 5.01 Å². The van der Waals surface area contributed by atoms with Gasteiger partial charge in [-0.1, -0.05) is 129 Å². The van der Waals surface area contributed by atoms with Crippen LogP contribution in [0.2, 0.25) is 0 Å². The Morgan fingerprint density at radius 1 is 0.667 bits per heavy atom. The maximum absolute atomic E-state index is 5.94. The minimum atomic E-state index is 0.719. The van der Waals surface area contributed by atoms with Crippen LogP contribution in [-0.2, 0) is 0 Å².